The Hall–Kier alpha value is -2.21. The Morgan fingerprint density at radius 3 is 2.83 bits per heavy atom. The van der Waals surface area contributed by atoms with E-state index in [0.29, 0.717) is 37.3 Å². The zero-order valence-electron chi connectivity index (χ0n) is 14.0. The molecule has 0 bridgehead atoms. The fourth-order valence-electron chi connectivity index (χ4n) is 3.09. The van der Waals surface area contributed by atoms with Crippen LogP contribution in [-0.4, -0.2) is 33.1 Å². The Morgan fingerprint density at radius 2 is 2.25 bits per heavy atom. The van der Waals surface area contributed by atoms with Crippen LogP contribution >= 0.6 is 0 Å². The van der Waals surface area contributed by atoms with Gasteiger partial charge in [-0.05, 0) is 37.8 Å². The number of hydrogen-bond donors (Lipinski definition) is 2. The smallest absolute Gasteiger partial charge is 0.289 e. The molecule has 0 aliphatic heterocycles. The van der Waals surface area contributed by atoms with E-state index in [2.05, 4.69) is 15.3 Å². The van der Waals surface area contributed by atoms with E-state index in [1.54, 1.807) is 13.1 Å². The van der Waals surface area contributed by atoms with Gasteiger partial charge in [0.1, 0.15) is 0 Å². The Morgan fingerprint density at radius 1 is 1.46 bits per heavy atom. The number of rotatable bonds is 6. The van der Waals surface area contributed by atoms with Crippen molar-refractivity contribution in [3.8, 4) is 0 Å². The minimum absolute atomic E-state index is 0.0784. The van der Waals surface area contributed by atoms with Crippen LogP contribution in [0.15, 0.2) is 28.8 Å². The molecule has 0 spiro atoms. The van der Waals surface area contributed by atoms with E-state index in [1.165, 1.54) is 0 Å². The molecule has 24 heavy (non-hydrogen) atoms. The molecule has 6 nitrogen and oxygen atoms in total. The van der Waals surface area contributed by atoms with Crippen LogP contribution in [0.5, 0.6) is 0 Å². The Kier molecular flexibility index (Phi) is 4.94. The number of aryl methyl sites for hydroxylation is 2. The Labute approximate surface area is 141 Å². The van der Waals surface area contributed by atoms with E-state index in [-0.39, 0.29) is 29.7 Å². The molecule has 1 saturated carbocycles. The Balaban J connectivity index is 1.73. The van der Waals surface area contributed by atoms with Crippen LogP contribution < -0.4 is 5.32 Å². The lowest BCUT2D eigenvalue weighted by Crippen LogP contribution is -2.48. The fourth-order valence-corrected chi connectivity index (χ4v) is 3.09. The summed E-state index contributed by atoms with van der Waals surface area (Å²) in [5, 5.41) is 12.7. The number of carbonyl (C=O) groups excluding carboxylic acids is 1. The summed E-state index contributed by atoms with van der Waals surface area (Å²) in [7, 11) is 0. The Bertz CT molecular complexity index is 693. The van der Waals surface area contributed by atoms with Gasteiger partial charge >= 0.3 is 0 Å². The van der Waals surface area contributed by atoms with Gasteiger partial charge in [0.25, 0.3) is 5.91 Å². The maximum atomic E-state index is 12.6. The predicted molar refractivity (Wildman–Crippen MR) is 88.5 cm³/mol. The number of carbonyl (C=O) groups is 1. The van der Waals surface area contributed by atoms with Crippen molar-refractivity contribution in [3.05, 3.63) is 47.4 Å². The number of nitrogens with one attached hydrogen (secondary N) is 1. The van der Waals surface area contributed by atoms with Gasteiger partial charge in [-0.2, -0.15) is 0 Å². The molecule has 1 aliphatic rings. The molecule has 2 aromatic heterocycles. The molecule has 128 valence electrons. The van der Waals surface area contributed by atoms with Crippen molar-refractivity contribution in [2.45, 2.75) is 51.7 Å². The second-order valence-electron chi connectivity index (χ2n) is 6.37. The molecule has 1 aliphatic carbocycles. The highest BCUT2D eigenvalue weighted by atomic mass is 16.4. The van der Waals surface area contributed by atoms with Crippen LogP contribution in [0.3, 0.4) is 0 Å². The first-order valence-electron chi connectivity index (χ1n) is 8.42. The highest BCUT2D eigenvalue weighted by Crippen LogP contribution is 2.31. The third-order valence-corrected chi connectivity index (χ3v) is 4.54. The normalized spacial score (nSPS) is 21.1. The van der Waals surface area contributed by atoms with Crippen molar-refractivity contribution in [3.63, 3.8) is 0 Å². The van der Waals surface area contributed by atoms with Crippen LogP contribution in [0.2, 0.25) is 0 Å². The molecule has 0 aromatic carbocycles. The molecule has 1 fully saturated rings. The van der Waals surface area contributed by atoms with Crippen molar-refractivity contribution >= 4 is 5.91 Å². The fraction of sp³-hybridized carbons (Fsp3) is 0.500. The van der Waals surface area contributed by atoms with Crippen molar-refractivity contribution in [1.82, 2.24) is 15.3 Å². The van der Waals surface area contributed by atoms with Crippen LogP contribution in [0.4, 0.5) is 0 Å². The monoisotopic (exact) mass is 329 g/mol. The summed E-state index contributed by atoms with van der Waals surface area (Å²) in [6, 6.07) is 5.67. The van der Waals surface area contributed by atoms with Crippen LogP contribution in [0.25, 0.3) is 0 Å². The first kappa shape index (κ1) is 16.6. The largest absolute Gasteiger partial charge is 0.435 e. The topological polar surface area (TPSA) is 88.2 Å². The van der Waals surface area contributed by atoms with Crippen molar-refractivity contribution in [2.75, 3.05) is 0 Å². The number of aliphatic hydroxyl groups excluding tert-OH is 1. The summed E-state index contributed by atoms with van der Waals surface area (Å²) >= 11 is 0. The van der Waals surface area contributed by atoms with Gasteiger partial charge in [0.2, 0.25) is 5.76 Å². The third kappa shape index (κ3) is 3.64. The number of oxazole rings is 1. The average Bonchev–Trinajstić information content (AvgIpc) is 2.93. The molecule has 3 rings (SSSR count). The molecular formula is C18H23N3O3. The van der Waals surface area contributed by atoms with Crippen molar-refractivity contribution < 1.29 is 14.3 Å². The number of pyridine rings is 1. The molecule has 6 heteroatoms. The van der Waals surface area contributed by atoms with Gasteiger partial charge in [-0.1, -0.05) is 13.0 Å². The molecule has 2 N–H and O–H groups in total. The van der Waals surface area contributed by atoms with E-state index < -0.39 is 0 Å². The predicted octanol–water partition coefficient (Wildman–Crippen LogP) is 2.05. The molecule has 1 amide bonds. The summed E-state index contributed by atoms with van der Waals surface area (Å²) in [5.74, 6) is 0.845. The van der Waals surface area contributed by atoms with Gasteiger partial charge in [0.05, 0.1) is 11.8 Å². The summed E-state index contributed by atoms with van der Waals surface area (Å²) in [5.41, 5.74) is 1.53. The van der Waals surface area contributed by atoms with Gasteiger partial charge in [-0.15, -0.1) is 0 Å². The molecular weight excluding hydrogens is 306 g/mol. The van der Waals surface area contributed by atoms with Gasteiger partial charge < -0.3 is 14.8 Å². The van der Waals surface area contributed by atoms with E-state index >= 15 is 0 Å². The molecule has 0 radical (unpaired) electrons. The molecule has 0 saturated heterocycles. The lowest BCUT2D eigenvalue weighted by Gasteiger charge is -2.37. The zero-order chi connectivity index (χ0) is 17.1. The van der Waals surface area contributed by atoms with Crippen LogP contribution in [0, 0.1) is 12.8 Å². The molecule has 1 unspecified atom stereocenters. The SMILES string of the molecule is CCc1nc(C)c(C(=O)NC(Cc2ccccn2)C2CC(O)C2)o1. The summed E-state index contributed by atoms with van der Waals surface area (Å²) in [4.78, 5) is 21.2. The number of hydrogen-bond acceptors (Lipinski definition) is 5. The van der Waals surface area contributed by atoms with Gasteiger partial charge in [-0.25, -0.2) is 4.98 Å². The number of aromatic nitrogens is 2. The minimum Gasteiger partial charge on any atom is -0.435 e. The number of aliphatic hydroxyl groups is 1. The summed E-state index contributed by atoms with van der Waals surface area (Å²) < 4.78 is 5.54. The number of nitrogens with zero attached hydrogens (tertiary/aromatic N) is 2. The van der Waals surface area contributed by atoms with Crippen LogP contribution in [0.1, 0.15) is 47.6 Å². The van der Waals surface area contributed by atoms with Crippen molar-refractivity contribution in [1.29, 1.82) is 0 Å². The highest BCUT2D eigenvalue weighted by Gasteiger charge is 2.35. The molecule has 2 heterocycles. The molecule has 1 atom stereocenters. The quantitative estimate of drug-likeness (QED) is 0.847. The standard InChI is InChI=1S/C18H23N3O3/c1-3-16-20-11(2)17(24-16)18(23)21-15(12-8-14(22)9-12)10-13-6-4-5-7-19-13/h4-7,12,14-15,22H,3,8-10H2,1-2H3,(H,21,23). The lowest BCUT2D eigenvalue weighted by molar-refractivity contribution is 0.0234. The number of amides is 1. The lowest BCUT2D eigenvalue weighted by atomic mass is 9.76. The average molecular weight is 329 g/mol. The molecule has 2 aromatic rings. The van der Waals surface area contributed by atoms with Gasteiger partial charge in [0, 0.05) is 30.8 Å². The van der Waals surface area contributed by atoms with Crippen LogP contribution in [-0.2, 0) is 12.8 Å². The van der Waals surface area contributed by atoms with E-state index in [0.717, 1.165) is 5.69 Å². The maximum absolute atomic E-state index is 12.6. The zero-order valence-corrected chi connectivity index (χ0v) is 14.0. The first-order chi connectivity index (χ1) is 11.6. The maximum Gasteiger partial charge on any atom is 0.289 e. The van der Waals surface area contributed by atoms with E-state index in [4.69, 9.17) is 4.42 Å². The summed E-state index contributed by atoms with van der Waals surface area (Å²) in [6.07, 6.45) is 4.17. The second kappa shape index (κ2) is 7.13. The van der Waals surface area contributed by atoms with E-state index in [9.17, 15) is 9.90 Å². The highest BCUT2D eigenvalue weighted by molar-refractivity contribution is 5.92. The first-order valence-corrected chi connectivity index (χ1v) is 8.42. The summed E-state index contributed by atoms with van der Waals surface area (Å²) in [6.45, 7) is 3.71. The van der Waals surface area contributed by atoms with Gasteiger partial charge in [0.15, 0.2) is 5.89 Å². The van der Waals surface area contributed by atoms with Crippen molar-refractivity contribution in [2.24, 2.45) is 5.92 Å². The minimum atomic E-state index is -0.267. The third-order valence-electron chi connectivity index (χ3n) is 4.54. The van der Waals surface area contributed by atoms with Gasteiger partial charge in [-0.3, -0.25) is 9.78 Å². The van der Waals surface area contributed by atoms with E-state index in [1.807, 2.05) is 25.1 Å². The second-order valence-corrected chi connectivity index (χ2v) is 6.37.